The van der Waals surface area contributed by atoms with Crippen molar-refractivity contribution in [1.82, 2.24) is 9.97 Å². The van der Waals surface area contributed by atoms with Crippen LogP contribution in [0, 0.1) is 0 Å². The minimum absolute atomic E-state index is 0.0502. The molecule has 0 saturated heterocycles. The summed E-state index contributed by atoms with van der Waals surface area (Å²) in [5, 5.41) is 0. The van der Waals surface area contributed by atoms with Crippen LogP contribution in [0.2, 0.25) is 0 Å². The minimum Gasteiger partial charge on any atom is -0.294 e. The SMILES string of the molecule is CCSc1ccc(C(=O)Cc2ncccn2)cc1. The van der Waals surface area contributed by atoms with Gasteiger partial charge in [-0.1, -0.05) is 19.1 Å². The standard InChI is InChI=1S/C14H14N2OS/c1-2-18-12-6-4-11(5-7-12)13(17)10-14-15-8-3-9-16-14/h3-9H,2,10H2,1H3. The van der Waals surface area contributed by atoms with Crippen molar-refractivity contribution in [3.8, 4) is 0 Å². The molecule has 1 heterocycles. The Morgan fingerprint density at radius 1 is 1.17 bits per heavy atom. The highest BCUT2D eigenvalue weighted by Crippen LogP contribution is 2.18. The van der Waals surface area contributed by atoms with Crippen molar-refractivity contribution in [3.63, 3.8) is 0 Å². The third-order valence-corrected chi connectivity index (χ3v) is 3.32. The molecule has 0 aliphatic heterocycles. The summed E-state index contributed by atoms with van der Waals surface area (Å²) in [6, 6.07) is 9.43. The number of thioether (sulfide) groups is 1. The molecule has 3 nitrogen and oxygen atoms in total. The van der Waals surface area contributed by atoms with E-state index in [2.05, 4.69) is 16.9 Å². The fourth-order valence-electron chi connectivity index (χ4n) is 1.57. The Kier molecular flexibility index (Phi) is 4.47. The van der Waals surface area contributed by atoms with Gasteiger partial charge in [-0.05, 0) is 24.0 Å². The van der Waals surface area contributed by atoms with Crippen LogP contribution in [0.4, 0.5) is 0 Å². The van der Waals surface area contributed by atoms with E-state index in [1.165, 1.54) is 4.90 Å². The molecular weight excluding hydrogens is 244 g/mol. The maximum absolute atomic E-state index is 12.0. The van der Waals surface area contributed by atoms with Crippen molar-refractivity contribution in [3.05, 3.63) is 54.1 Å². The van der Waals surface area contributed by atoms with E-state index in [-0.39, 0.29) is 12.2 Å². The molecule has 0 aliphatic rings. The molecule has 0 radical (unpaired) electrons. The quantitative estimate of drug-likeness (QED) is 0.610. The molecule has 0 unspecified atom stereocenters. The van der Waals surface area contributed by atoms with Gasteiger partial charge in [-0.3, -0.25) is 4.79 Å². The minimum atomic E-state index is 0.0502. The van der Waals surface area contributed by atoms with E-state index < -0.39 is 0 Å². The molecule has 0 spiro atoms. The van der Waals surface area contributed by atoms with Crippen LogP contribution in [-0.4, -0.2) is 21.5 Å². The number of rotatable bonds is 5. The molecule has 0 aliphatic carbocycles. The predicted octanol–water partition coefficient (Wildman–Crippen LogP) is 3.01. The molecule has 0 N–H and O–H groups in total. The fraction of sp³-hybridized carbons (Fsp3) is 0.214. The van der Waals surface area contributed by atoms with Gasteiger partial charge in [0.2, 0.25) is 0 Å². The molecule has 4 heteroatoms. The van der Waals surface area contributed by atoms with Crippen molar-refractivity contribution in [1.29, 1.82) is 0 Å². The molecule has 0 saturated carbocycles. The number of nitrogens with zero attached hydrogens (tertiary/aromatic N) is 2. The maximum atomic E-state index is 12.0. The van der Waals surface area contributed by atoms with Crippen molar-refractivity contribution < 1.29 is 4.79 Å². The van der Waals surface area contributed by atoms with Crippen molar-refractivity contribution in [2.24, 2.45) is 0 Å². The number of carbonyl (C=O) groups is 1. The lowest BCUT2D eigenvalue weighted by Gasteiger charge is -2.02. The molecule has 1 aromatic carbocycles. The fourth-order valence-corrected chi connectivity index (χ4v) is 2.23. The van der Waals surface area contributed by atoms with Gasteiger partial charge in [0.05, 0.1) is 6.42 Å². The Morgan fingerprint density at radius 2 is 1.83 bits per heavy atom. The van der Waals surface area contributed by atoms with Crippen molar-refractivity contribution in [2.75, 3.05) is 5.75 Å². The summed E-state index contributed by atoms with van der Waals surface area (Å²) in [7, 11) is 0. The zero-order valence-corrected chi connectivity index (χ0v) is 11.0. The highest BCUT2D eigenvalue weighted by atomic mass is 32.2. The highest BCUT2D eigenvalue weighted by Gasteiger charge is 2.08. The lowest BCUT2D eigenvalue weighted by Crippen LogP contribution is -2.06. The summed E-state index contributed by atoms with van der Waals surface area (Å²) < 4.78 is 0. The molecular formula is C14H14N2OS. The monoisotopic (exact) mass is 258 g/mol. The lowest BCUT2D eigenvalue weighted by atomic mass is 10.1. The molecule has 2 aromatic rings. The third-order valence-electron chi connectivity index (χ3n) is 2.43. The second kappa shape index (κ2) is 6.31. The van der Waals surface area contributed by atoms with Crippen LogP contribution in [0.3, 0.4) is 0 Å². The predicted molar refractivity (Wildman–Crippen MR) is 72.9 cm³/mol. The van der Waals surface area contributed by atoms with Gasteiger partial charge in [0.15, 0.2) is 5.78 Å². The van der Waals surface area contributed by atoms with Crippen LogP contribution in [0.5, 0.6) is 0 Å². The number of hydrogen-bond acceptors (Lipinski definition) is 4. The maximum Gasteiger partial charge on any atom is 0.170 e. The van der Waals surface area contributed by atoms with Crippen LogP contribution < -0.4 is 0 Å². The zero-order valence-electron chi connectivity index (χ0n) is 10.2. The largest absolute Gasteiger partial charge is 0.294 e. The summed E-state index contributed by atoms with van der Waals surface area (Å²) in [5.41, 5.74) is 0.711. The summed E-state index contributed by atoms with van der Waals surface area (Å²) in [5.74, 6) is 1.65. The molecule has 0 fully saturated rings. The zero-order chi connectivity index (χ0) is 12.8. The van der Waals surface area contributed by atoms with E-state index in [9.17, 15) is 4.79 Å². The van der Waals surface area contributed by atoms with Crippen LogP contribution >= 0.6 is 11.8 Å². The smallest absolute Gasteiger partial charge is 0.170 e. The van der Waals surface area contributed by atoms with Gasteiger partial charge in [0.25, 0.3) is 0 Å². The van der Waals surface area contributed by atoms with Gasteiger partial charge in [-0.15, -0.1) is 11.8 Å². The molecule has 0 atom stereocenters. The van der Waals surface area contributed by atoms with Crippen LogP contribution in [0.1, 0.15) is 23.1 Å². The number of Topliss-reactive ketones (excluding diaryl/α,β-unsaturated/α-hetero) is 1. The first-order valence-corrected chi connectivity index (χ1v) is 6.80. The second-order valence-electron chi connectivity index (χ2n) is 3.72. The third kappa shape index (κ3) is 3.40. The summed E-state index contributed by atoms with van der Waals surface area (Å²) in [6.45, 7) is 2.11. The first-order valence-electron chi connectivity index (χ1n) is 5.81. The van der Waals surface area contributed by atoms with E-state index in [4.69, 9.17) is 0 Å². The number of benzene rings is 1. The van der Waals surface area contributed by atoms with Gasteiger partial charge < -0.3 is 0 Å². The molecule has 0 bridgehead atoms. The van der Waals surface area contributed by atoms with Crippen LogP contribution in [-0.2, 0) is 6.42 Å². The average molecular weight is 258 g/mol. The molecule has 2 rings (SSSR count). The van der Waals surface area contributed by atoms with Crippen molar-refractivity contribution in [2.45, 2.75) is 18.2 Å². The summed E-state index contributed by atoms with van der Waals surface area (Å²) >= 11 is 1.76. The Labute approximate surface area is 111 Å². The Hall–Kier alpha value is -1.68. The van der Waals surface area contributed by atoms with Gasteiger partial charge in [0, 0.05) is 22.9 Å². The average Bonchev–Trinajstić information content (AvgIpc) is 2.41. The van der Waals surface area contributed by atoms with Crippen molar-refractivity contribution >= 4 is 17.5 Å². The number of hydrogen-bond donors (Lipinski definition) is 0. The molecule has 0 amide bonds. The van der Waals surface area contributed by atoms with Gasteiger partial charge in [-0.2, -0.15) is 0 Å². The number of ketones is 1. The Morgan fingerprint density at radius 3 is 2.44 bits per heavy atom. The lowest BCUT2D eigenvalue weighted by molar-refractivity contribution is 0.0990. The Balaban J connectivity index is 2.05. The summed E-state index contributed by atoms with van der Waals surface area (Å²) in [6.07, 6.45) is 3.55. The molecule has 18 heavy (non-hydrogen) atoms. The van der Waals surface area contributed by atoms with Crippen LogP contribution in [0.25, 0.3) is 0 Å². The second-order valence-corrected chi connectivity index (χ2v) is 5.06. The van der Waals surface area contributed by atoms with Gasteiger partial charge in [0.1, 0.15) is 5.82 Å². The topological polar surface area (TPSA) is 42.9 Å². The van der Waals surface area contributed by atoms with Crippen LogP contribution in [0.15, 0.2) is 47.6 Å². The van der Waals surface area contributed by atoms with E-state index in [1.54, 1.807) is 30.2 Å². The Bertz CT molecular complexity index is 511. The highest BCUT2D eigenvalue weighted by molar-refractivity contribution is 7.99. The van der Waals surface area contributed by atoms with Gasteiger partial charge >= 0.3 is 0 Å². The summed E-state index contributed by atoms with van der Waals surface area (Å²) in [4.78, 5) is 21.3. The molecule has 92 valence electrons. The number of aromatic nitrogens is 2. The first kappa shape index (κ1) is 12.8. The van der Waals surface area contributed by atoms with E-state index in [0.717, 1.165) is 5.75 Å². The normalized spacial score (nSPS) is 10.3. The van der Waals surface area contributed by atoms with E-state index in [0.29, 0.717) is 11.4 Å². The molecule has 1 aromatic heterocycles. The van der Waals surface area contributed by atoms with E-state index >= 15 is 0 Å². The number of carbonyl (C=O) groups excluding carboxylic acids is 1. The van der Waals surface area contributed by atoms with Gasteiger partial charge in [-0.25, -0.2) is 9.97 Å². The first-order chi connectivity index (χ1) is 8.79. The van der Waals surface area contributed by atoms with E-state index in [1.807, 2.05) is 24.3 Å².